The number of benzene rings is 2. The molecule has 0 aromatic heterocycles. The van der Waals surface area contributed by atoms with Gasteiger partial charge in [0, 0.05) is 38.4 Å². The Morgan fingerprint density at radius 1 is 1.28 bits per heavy atom. The summed E-state index contributed by atoms with van der Waals surface area (Å²) >= 11 is 0. The van der Waals surface area contributed by atoms with Gasteiger partial charge in [0.25, 0.3) is 5.91 Å². The Bertz CT molecular complexity index is 1020. The first-order valence-corrected chi connectivity index (χ1v) is 10.9. The number of β-amino-alcohol motifs (C(OH)–C–C–N with tert-alkyl or cyclic N) is 2. The Kier molecular flexibility index (Phi) is 5.39. The summed E-state index contributed by atoms with van der Waals surface area (Å²) in [6, 6.07) is 12.3. The van der Waals surface area contributed by atoms with Crippen molar-refractivity contribution in [3.8, 4) is 5.75 Å². The van der Waals surface area contributed by atoms with Crippen LogP contribution in [-0.2, 0) is 11.2 Å². The number of fused-ring (bicyclic) bond motifs is 2. The maximum Gasteiger partial charge on any atom is 0.259 e. The van der Waals surface area contributed by atoms with Crippen molar-refractivity contribution in [2.75, 3.05) is 25.0 Å². The highest BCUT2D eigenvalue weighted by Crippen LogP contribution is 2.43. The fraction of sp³-hybridized carbons (Fsp3) is 0.458. The lowest BCUT2D eigenvalue weighted by atomic mass is 9.95. The number of carbonyl (C=O) groups excluding carboxylic acids is 1. The van der Waals surface area contributed by atoms with E-state index in [-0.39, 0.29) is 30.7 Å². The molecule has 2 aromatic rings. The third kappa shape index (κ3) is 3.98. The van der Waals surface area contributed by atoms with Crippen molar-refractivity contribution in [1.82, 2.24) is 4.90 Å². The zero-order valence-corrected chi connectivity index (χ0v) is 17.5. The molecule has 1 amide bonds. The summed E-state index contributed by atoms with van der Waals surface area (Å²) in [5, 5.41) is 24.1. The van der Waals surface area contributed by atoms with Crippen molar-refractivity contribution in [1.29, 1.82) is 0 Å². The number of nitrogens with zero attached hydrogens (tertiary/aromatic N) is 1. The van der Waals surface area contributed by atoms with Crippen molar-refractivity contribution >= 4 is 11.6 Å². The number of para-hydroxylation sites is 1. The Labute approximate surface area is 184 Å². The molecule has 5 rings (SSSR count). The highest BCUT2D eigenvalue weighted by Gasteiger charge is 2.52. The number of anilines is 1. The van der Waals surface area contributed by atoms with Crippen molar-refractivity contribution in [2.24, 2.45) is 5.92 Å². The molecule has 0 bridgehead atoms. The van der Waals surface area contributed by atoms with E-state index in [1.165, 1.54) is 6.07 Å². The molecular formula is C24H26F2N2O4. The SMILES string of the molecule is O=C1Nc2c(F)cc([C@H](O)CN3C[C@H]4C[C@H](Oc5ccccc5)C[C@@]4(O)C3)cc2C[C@H]1F. The van der Waals surface area contributed by atoms with Gasteiger partial charge in [0.15, 0.2) is 6.17 Å². The zero-order chi connectivity index (χ0) is 22.5. The van der Waals surface area contributed by atoms with Crippen molar-refractivity contribution in [2.45, 2.75) is 43.2 Å². The Balaban J connectivity index is 1.22. The van der Waals surface area contributed by atoms with Gasteiger partial charge in [-0.2, -0.15) is 0 Å². The molecule has 2 fully saturated rings. The summed E-state index contributed by atoms with van der Waals surface area (Å²) in [6.45, 7) is 1.24. The number of amides is 1. The topological polar surface area (TPSA) is 82.0 Å². The molecule has 2 heterocycles. The number of hydrogen-bond acceptors (Lipinski definition) is 5. The number of carbonyl (C=O) groups is 1. The van der Waals surface area contributed by atoms with Crippen molar-refractivity contribution in [3.05, 3.63) is 59.4 Å². The molecule has 1 saturated heterocycles. The average molecular weight is 444 g/mol. The molecule has 170 valence electrons. The van der Waals surface area contributed by atoms with Gasteiger partial charge < -0.3 is 20.3 Å². The van der Waals surface area contributed by atoms with Crippen LogP contribution >= 0.6 is 0 Å². The van der Waals surface area contributed by atoms with E-state index in [9.17, 15) is 23.8 Å². The minimum Gasteiger partial charge on any atom is -0.490 e. The normalized spacial score (nSPS) is 30.5. The molecule has 6 nitrogen and oxygen atoms in total. The lowest BCUT2D eigenvalue weighted by Gasteiger charge is -2.26. The minimum atomic E-state index is -1.73. The van der Waals surface area contributed by atoms with Gasteiger partial charge in [-0.25, -0.2) is 8.78 Å². The molecule has 0 radical (unpaired) electrons. The number of halogens is 2. The molecule has 0 unspecified atom stereocenters. The number of nitrogens with one attached hydrogen (secondary N) is 1. The van der Waals surface area contributed by atoms with E-state index in [0.717, 1.165) is 12.2 Å². The Hall–Kier alpha value is -2.55. The summed E-state index contributed by atoms with van der Waals surface area (Å²) in [6.07, 6.45) is -1.75. The molecule has 0 spiro atoms. The molecule has 8 heteroatoms. The van der Waals surface area contributed by atoms with Crippen LogP contribution in [0, 0.1) is 11.7 Å². The summed E-state index contributed by atoms with van der Waals surface area (Å²) in [5.41, 5.74) is -0.233. The van der Waals surface area contributed by atoms with Crippen LogP contribution in [0.5, 0.6) is 5.75 Å². The zero-order valence-electron chi connectivity index (χ0n) is 17.5. The molecular weight excluding hydrogens is 418 g/mol. The predicted molar refractivity (Wildman–Crippen MR) is 114 cm³/mol. The summed E-state index contributed by atoms with van der Waals surface area (Å²) in [4.78, 5) is 13.4. The highest BCUT2D eigenvalue weighted by molar-refractivity contribution is 5.97. The second-order valence-corrected chi connectivity index (χ2v) is 9.20. The van der Waals surface area contributed by atoms with E-state index in [2.05, 4.69) is 5.32 Å². The van der Waals surface area contributed by atoms with Crippen LogP contribution < -0.4 is 10.1 Å². The highest BCUT2D eigenvalue weighted by atomic mass is 19.1. The third-order valence-corrected chi connectivity index (χ3v) is 6.85. The summed E-state index contributed by atoms with van der Waals surface area (Å²) < 4.78 is 34.2. The van der Waals surface area contributed by atoms with E-state index in [0.29, 0.717) is 30.6 Å². The fourth-order valence-corrected chi connectivity index (χ4v) is 5.32. The summed E-state index contributed by atoms with van der Waals surface area (Å²) in [7, 11) is 0. The largest absolute Gasteiger partial charge is 0.490 e. The van der Waals surface area contributed by atoms with Gasteiger partial charge in [0.2, 0.25) is 0 Å². The molecule has 1 saturated carbocycles. The lowest BCUT2D eigenvalue weighted by molar-refractivity contribution is -0.121. The number of ether oxygens (including phenoxy) is 1. The van der Waals surface area contributed by atoms with Gasteiger partial charge in [0.1, 0.15) is 17.7 Å². The first-order valence-electron chi connectivity index (χ1n) is 10.9. The molecule has 1 aliphatic carbocycles. The number of likely N-dealkylation sites (tertiary alicyclic amines) is 1. The molecule has 5 atom stereocenters. The maximum atomic E-state index is 14.5. The van der Waals surface area contributed by atoms with Gasteiger partial charge in [-0.3, -0.25) is 9.69 Å². The number of hydrogen-bond donors (Lipinski definition) is 3. The number of aliphatic hydroxyl groups is 2. The van der Waals surface area contributed by atoms with Gasteiger partial charge in [0.05, 0.1) is 17.4 Å². The monoisotopic (exact) mass is 444 g/mol. The van der Waals surface area contributed by atoms with E-state index in [4.69, 9.17) is 4.74 Å². The standard InChI is InChI=1S/C24H26F2N2O4/c25-19-7-14(6-15-8-20(26)23(30)27-22(15)19)21(29)12-28-11-16-9-18(10-24(16,31)13-28)32-17-4-2-1-3-5-17/h1-7,16,18,20-21,29,31H,8-13H2,(H,27,30)/t16-,18+,20-,21-,24-/m1/s1. The first-order chi connectivity index (χ1) is 15.3. The van der Waals surface area contributed by atoms with Crippen LogP contribution in [0.2, 0.25) is 0 Å². The van der Waals surface area contributed by atoms with Crippen LogP contribution in [0.4, 0.5) is 14.5 Å². The number of rotatable bonds is 5. The van der Waals surface area contributed by atoms with Crippen molar-refractivity contribution in [3.63, 3.8) is 0 Å². The van der Waals surface area contributed by atoms with Crippen molar-refractivity contribution < 1.29 is 28.5 Å². The number of alkyl halides is 1. The van der Waals surface area contributed by atoms with E-state index < -0.39 is 29.6 Å². The summed E-state index contributed by atoms with van der Waals surface area (Å²) in [5.74, 6) is -0.716. The molecule has 2 aromatic carbocycles. The quantitative estimate of drug-likeness (QED) is 0.661. The van der Waals surface area contributed by atoms with E-state index >= 15 is 0 Å². The Morgan fingerprint density at radius 2 is 2.06 bits per heavy atom. The van der Waals surface area contributed by atoms with Gasteiger partial charge in [-0.05, 0) is 35.7 Å². The van der Waals surface area contributed by atoms with Crippen LogP contribution in [0.3, 0.4) is 0 Å². The average Bonchev–Trinajstić information content (AvgIpc) is 3.20. The smallest absolute Gasteiger partial charge is 0.259 e. The predicted octanol–water partition coefficient (Wildman–Crippen LogP) is 2.60. The third-order valence-electron chi connectivity index (χ3n) is 6.85. The first kappa shape index (κ1) is 21.3. The van der Waals surface area contributed by atoms with E-state index in [1.54, 1.807) is 6.07 Å². The van der Waals surface area contributed by atoms with E-state index in [1.807, 2.05) is 35.2 Å². The second-order valence-electron chi connectivity index (χ2n) is 9.20. The fourth-order valence-electron chi connectivity index (χ4n) is 5.32. The van der Waals surface area contributed by atoms with Gasteiger partial charge in [-0.1, -0.05) is 24.3 Å². The minimum absolute atomic E-state index is 0.0191. The maximum absolute atomic E-state index is 14.5. The molecule has 2 aliphatic heterocycles. The second kappa shape index (κ2) is 8.10. The Morgan fingerprint density at radius 3 is 2.81 bits per heavy atom. The van der Waals surface area contributed by atoms with Crippen LogP contribution in [0.1, 0.15) is 30.1 Å². The van der Waals surface area contributed by atoms with Crippen LogP contribution in [0.25, 0.3) is 0 Å². The lowest BCUT2D eigenvalue weighted by Crippen LogP contribution is -2.36. The molecule has 32 heavy (non-hydrogen) atoms. The van der Waals surface area contributed by atoms with Gasteiger partial charge >= 0.3 is 0 Å². The van der Waals surface area contributed by atoms with Crippen LogP contribution in [0.15, 0.2) is 42.5 Å². The molecule has 3 aliphatic rings. The van der Waals surface area contributed by atoms with Gasteiger partial charge in [-0.15, -0.1) is 0 Å². The number of aliphatic hydroxyl groups excluding tert-OH is 1. The van der Waals surface area contributed by atoms with Crippen LogP contribution in [-0.4, -0.2) is 58.5 Å². The molecule has 3 N–H and O–H groups in total.